The molecule has 0 unspecified atom stereocenters. The van der Waals surface area contributed by atoms with E-state index >= 15 is 0 Å². The van der Waals surface area contributed by atoms with Crippen LogP contribution in [0.5, 0.6) is 0 Å². The summed E-state index contributed by atoms with van der Waals surface area (Å²) in [4.78, 5) is 36.1. The van der Waals surface area contributed by atoms with Crippen LogP contribution in [0.25, 0.3) is 0 Å². The van der Waals surface area contributed by atoms with Gasteiger partial charge >= 0.3 is 0 Å². The van der Waals surface area contributed by atoms with Crippen molar-refractivity contribution in [2.75, 3.05) is 19.6 Å². The molecule has 0 spiro atoms. The smallest absolute Gasteiger partial charge is 0.279 e. The molecule has 94 valence electrons. The summed E-state index contributed by atoms with van der Waals surface area (Å²) in [7, 11) is 0. The quantitative estimate of drug-likeness (QED) is 0.586. The highest BCUT2D eigenvalue weighted by Crippen LogP contribution is 2.26. The Morgan fingerprint density at radius 1 is 1.29 bits per heavy atom. The van der Waals surface area contributed by atoms with Crippen molar-refractivity contribution in [1.29, 1.82) is 0 Å². The van der Waals surface area contributed by atoms with E-state index in [4.69, 9.17) is 11.6 Å². The molecule has 0 aromatic heterocycles. The molecule has 0 aromatic rings. The third kappa shape index (κ3) is 2.41. The van der Waals surface area contributed by atoms with Crippen molar-refractivity contribution in [1.82, 2.24) is 9.80 Å². The number of hydrogen-bond donors (Lipinski definition) is 0. The number of halogens is 1. The lowest BCUT2D eigenvalue weighted by molar-refractivity contribution is -0.305. The molecule has 0 saturated carbocycles. The Bertz CT molecular complexity index is 401. The van der Waals surface area contributed by atoms with Gasteiger partial charge in [-0.05, 0) is 13.8 Å². The summed E-state index contributed by atoms with van der Waals surface area (Å²) >= 11 is 5.77. The minimum Gasteiger partial charge on any atom is -0.548 e. The van der Waals surface area contributed by atoms with Crippen molar-refractivity contribution in [3.63, 3.8) is 0 Å². The first-order chi connectivity index (χ1) is 7.93. The highest BCUT2D eigenvalue weighted by atomic mass is 35.5. The van der Waals surface area contributed by atoms with E-state index in [0.29, 0.717) is 18.0 Å². The van der Waals surface area contributed by atoms with Gasteiger partial charge in [-0.15, -0.1) is 0 Å². The number of nitrogens with zero attached hydrogens (tertiary/aromatic N) is 2. The Morgan fingerprint density at radius 3 is 2.24 bits per heavy atom. The van der Waals surface area contributed by atoms with Crippen LogP contribution >= 0.6 is 11.6 Å². The van der Waals surface area contributed by atoms with Gasteiger partial charge in [0.2, 0.25) is 0 Å². The lowest BCUT2D eigenvalue weighted by atomic mass is 10.3. The van der Waals surface area contributed by atoms with Gasteiger partial charge in [0.15, 0.2) is 0 Å². The highest BCUT2D eigenvalue weighted by molar-refractivity contribution is 6.47. The number of imide groups is 1. The van der Waals surface area contributed by atoms with Gasteiger partial charge in [0, 0.05) is 13.1 Å². The van der Waals surface area contributed by atoms with E-state index in [2.05, 4.69) is 0 Å². The van der Waals surface area contributed by atoms with E-state index in [9.17, 15) is 19.5 Å². The van der Waals surface area contributed by atoms with E-state index in [1.54, 1.807) is 18.7 Å². The predicted molar refractivity (Wildman–Crippen MR) is 57.5 cm³/mol. The molecule has 0 saturated heterocycles. The van der Waals surface area contributed by atoms with Gasteiger partial charge < -0.3 is 14.8 Å². The first kappa shape index (κ1) is 13.5. The molecule has 0 atom stereocenters. The van der Waals surface area contributed by atoms with Crippen LogP contribution in [0.3, 0.4) is 0 Å². The zero-order chi connectivity index (χ0) is 13.2. The number of carbonyl (C=O) groups is 3. The molecule has 0 fully saturated rings. The van der Waals surface area contributed by atoms with Gasteiger partial charge in [0.25, 0.3) is 11.8 Å². The van der Waals surface area contributed by atoms with Gasteiger partial charge in [-0.25, -0.2) is 0 Å². The summed E-state index contributed by atoms with van der Waals surface area (Å²) in [6, 6.07) is 0. The van der Waals surface area contributed by atoms with Crippen LogP contribution in [0.2, 0.25) is 0 Å². The molecule has 17 heavy (non-hydrogen) atoms. The number of carboxylic acid groups (broad SMARTS) is 1. The van der Waals surface area contributed by atoms with Crippen molar-refractivity contribution >= 4 is 29.4 Å². The van der Waals surface area contributed by atoms with Gasteiger partial charge in [0.1, 0.15) is 10.7 Å². The Hall–Kier alpha value is -1.56. The Balaban J connectivity index is 3.04. The summed E-state index contributed by atoms with van der Waals surface area (Å²) in [5.41, 5.74) is 0.0583. The van der Waals surface area contributed by atoms with E-state index in [1.165, 1.54) is 0 Å². The normalized spacial score (nSPS) is 15.8. The third-order valence-electron chi connectivity index (χ3n) is 2.46. The van der Waals surface area contributed by atoms with Crippen LogP contribution in [-0.4, -0.2) is 47.2 Å². The number of carbonyl (C=O) groups excluding carboxylic acids is 3. The summed E-state index contributed by atoms with van der Waals surface area (Å²) in [5, 5.41) is 10.2. The summed E-state index contributed by atoms with van der Waals surface area (Å²) in [6.45, 7) is 3.83. The van der Waals surface area contributed by atoms with E-state index in [-0.39, 0.29) is 10.7 Å². The lowest BCUT2D eigenvalue weighted by Crippen LogP contribution is -2.43. The molecule has 1 aliphatic rings. The molecule has 0 bridgehead atoms. The molecule has 0 radical (unpaired) electrons. The fourth-order valence-electron chi connectivity index (χ4n) is 1.62. The molecule has 1 heterocycles. The standard InChI is InChI=1S/C10H13ClN2O4/c1-3-12(4-2)8-7(11)9(16)13(10(8)17)5-6(14)15/h3-5H2,1-2H3,(H,14,15)/p-1. The molecular weight excluding hydrogens is 248 g/mol. The number of carboxylic acids is 1. The fraction of sp³-hybridized carbons (Fsp3) is 0.500. The maximum Gasteiger partial charge on any atom is 0.279 e. The molecule has 0 aliphatic carbocycles. The summed E-state index contributed by atoms with van der Waals surface area (Å²) < 4.78 is 0. The summed E-state index contributed by atoms with van der Waals surface area (Å²) in [5.74, 6) is -2.98. The minimum atomic E-state index is -1.50. The van der Waals surface area contributed by atoms with Crippen LogP contribution in [0.4, 0.5) is 0 Å². The average molecular weight is 260 g/mol. The first-order valence-corrected chi connectivity index (χ1v) is 5.52. The van der Waals surface area contributed by atoms with E-state index in [0.717, 1.165) is 0 Å². The second-order valence-corrected chi connectivity index (χ2v) is 3.78. The molecule has 0 aromatic carbocycles. The average Bonchev–Trinajstić information content (AvgIpc) is 2.47. The fourth-order valence-corrected chi connectivity index (χ4v) is 1.92. The topological polar surface area (TPSA) is 80.8 Å². The first-order valence-electron chi connectivity index (χ1n) is 5.14. The third-order valence-corrected chi connectivity index (χ3v) is 2.80. The molecule has 0 N–H and O–H groups in total. The summed E-state index contributed by atoms with van der Waals surface area (Å²) in [6.07, 6.45) is 0. The SMILES string of the molecule is CCN(CC)C1=C(Cl)C(=O)N(CC(=O)[O-])C1=O. The van der Waals surface area contributed by atoms with Gasteiger partial charge in [0.05, 0.1) is 12.5 Å². The van der Waals surface area contributed by atoms with Crippen LogP contribution in [0.15, 0.2) is 10.7 Å². The second kappa shape index (κ2) is 5.18. The zero-order valence-corrected chi connectivity index (χ0v) is 10.3. The Morgan fingerprint density at radius 2 is 1.82 bits per heavy atom. The van der Waals surface area contributed by atoms with Crippen LogP contribution in [0.1, 0.15) is 13.8 Å². The molecular formula is C10H12ClN2O4-. The van der Waals surface area contributed by atoms with Crippen LogP contribution in [0, 0.1) is 0 Å². The zero-order valence-electron chi connectivity index (χ0n) is 9.53. The number of amides is 2. The van der Waals surface area contributed by atoms with Crippen molar-refractivity contribution in [2.45, 2.75) is 13.8 Å². The van der Waals surface area contributed by atoms with E-state index in [1.807, 2.05) is 0 Å². The van der Waals surface area contributed by atoms with Crippen molar-refractivity contribution < 1.29 is 19.5 Å². The number of aliphatic carboxylic acids is 1. The van der Waals surface area contributed by atoms with Crippen LogP contribution in [-0.2, 0) is 14.4 Å². The monoisotopic (exact) mass is 259 g/mol. The van der Waals surface area contributed by atoms with Crippen molar-refractivity contribution in [3.8, 4) is 0 Å². The number of rotatable bonds is 5. The number of hydrogen-bond acceptors (Lipinski definition) is 5. The van der Waals surface area contributed by atoms with Gasteiger partial charge in [-0.3, -0.25) is 14.5 Å². The van der Waals surface area contributed by atoms with Gasteiger partial charge in [-0.1, -0.05) is 11.6 Å². The van der Waals surface area contributed by atoms with E-state index < -0.39 is 24.3 Å². The van der Waals surface area contributed by atoms with Crippen molar-refractivity contribution in [2.24, 2.45) is 0 Å². The second-order valence-electron chi connectivity index (χ2n) is 3.40. The van der Waals surface area contributed by atoms with Gasteiger partial charge in [-0.2, -0.15) is 0 Å². The van der Waals surface area contributed by atoms with Crippen molar-refractivity contribution in [3.05, 3.63) is 10.7 Å². The Labute approximate surface area is 103 Å². The molecule has 7 heteroatoms. The largest absolute Gasteiger partial charge is 0.548 e. The minimum absolute atomic E-state index is 0.0583. The Kier molecular flexibility index (Phi) is 4.11. The lowest BCUT2D eigenvalue weighted by Gasteiger charge is -2.22. The molecule has 1 aliphatic heterocycles. The maximum absolute atomic E-state index is 11.9. The highest BCUT2D eigenvalue weighted by Gasteiger charge is 2.39. The van der Waals surface area contributed by atoms with Crippen LogP contribution < -0.4 is 5.11 Å². The molecule has 6 nitrogen and oxygen atoms in total. The molecule has 2 amide bonds. The predicted octanol–water partition coefficient (Wildman–Crippen LogP) is -1.10. The number of likely N-dealkylation sites (N-methyl/N-ethyl adjacent to an activating group) is 1. The molecule has 1 rings (SSSR count). The maximum atomic E-state index is 11.9.